The molecule has 5 N–H and O–H groups in total. The third-order valence-electron chi connectivity index (χ3n) is 20.2. The summed E-state index contributed by atoms with van der Waals surface area (Å²) >= 11 is 6.11. The summed E-state index contributed by atoms with van der Waals surface area (Å²) in [6.45, 7) is 9.44. The molecule has 7 aromatic rings. The number of rotatable bonds is 21. The lowest BCUT2D eigenvalue weighted by Gasteiger charge is -2.67. The number of carbonyl (C=O) groups is 10. The number of ether oxygens (including phenoxy) is 7. The molecule has 101 heavy (non-hydrogen) atoms. The van der Waals surface area contributed by atoms with Crippen molar-refractivity contribution < 1.29 is 91.3 Å². The first-order valence-corrected chi connectivity index (χ1v) is 33.3. The quantitative estimate of drug-likeness (QED) is 0.0254. The van der Waals surface area contributed by atoms with Gasteiger partial charge in [-0.15, -0.1) is 0 Å². The smallest absolute Gasteiger partial charge is 0.350 e. The molecule has 6 aromatic carbocycles. The van der Waals surface area contributed by atoms with Gasteiger partial charge in [-0.1, -0.05) is 104 Å². The van der Waals surface area contributed by atoms with Crippen LogP contribution < -0.4 is 20.7 Å². The van der Waals surface area contributed by atoms with Gasteiger partial charge in [-0.25, -0.2) is 9.59 Å². The maximum atomic E-state index is 15.9. The summed E-state index contributed by atoms with van der Waals surface area (Å²) in [6, 6.07) is 40.6. The topological polar surface area (TPSA) is 317 Å². The molecule has 1 saturated heterocycles. The largest absolute Gasteiger partial charge is 0.497 e. The van der Waals surface area contributed by atoms with Crippen LogP contribution in [0.25, 0.3) is 10.9 Å². The molecule has 2 saturated carbocycles. The molecule has 526 valence electrons. The van der Waals surface area contributed by atoms with Gasteiger partial charge in [0.05, 0.1) is 55.1 Å². The number of Topliss-reactive ketones (excluding diaryl/α,β-unsaturated/α-hetero) is 1. The second kappa shape index (κ2) is 29.1. The van der Waals surface area contributed by atoms with Gasteiger partial charge in [-0.3, -0.25) is 42.9 Å². The van der Waals surface area contributed by atoms with Gasteiger partial charge >= 0.3 is 29.8 Å². The molecule has 0 radical (unpaired) electrons. The molecular formula is C77H77ClN4O19. The van der Waals surface area contributed by atoms with Crippen LogP contribution in [0.4, 0.5) is 5.69 Å². The van der Waals surface area contributed by atoms with Crippen molar-refractivity contribution in [2.75, 3.05) is 19.0 Å². The van der Waals surface area contributed by atoms with Crippen molar-refractivity contribution in [1.82, 2.24) is 15.2 Å². The van der Waals surface area contributed by atoms with Crippen LogP contribution >= 0.6 is 11.6 Å². The Labute approximate surface area is 586 Å². The van der Waals surface area contributed by atoms with Crippen molar-refractivity contribution in [3.05, 3.63) is 213 Å². The summed E-state index contributed by atoms with van der Waals surface area (Å²) in [5.74, 6) is -9.26. The number of carbonyl (C=O) groups excluding carboxylic acids is 10. The lowest BCUT2D eigenvalue weighted by molar-refractivity contribution is -0.346. The maximum absolute atomic E-state index is 15.9. The van der Waals surface area contributed by atoms with E-state index in [-0.39, 0.29) is 65.6 Å². The van der Waals surface area contributed by atoms with Crippen LogP contribution in [0, 0.1) is 23.7 Å². The number of aromatic nitrogens is 1. The minimum absolute atomic E-state index is 0.00739. The van der Waals surface area contributed by atoms with Crippen molar-refractivity contribution >= 4 is 87.4 Å². The number of methoxy groups -OCH3 is 1. The van der Waals surface area contributed by atoms with E-state index in [2.05, 4.69) is 16.0 Å². The summed E-state index contributed by atoms with van der Waals surface area (Å²) in [7, 11) is 1.52. The highest BCUT2D eigenvalue weighted by molar-refractivity contribution is 6.30. The Morgan fingerprint density at radius 1 is 0.743 bits per heavy atom. The highest BCUT2D eigenvalue weighted by atomic mass is 35.5. The molecule has 1 unspecified atom stereocenters. The van der Waals surface area contributed by atoms with Crippen LogP contribution in [-0.2, 0) is 74.9 Å². The van der Waals surface area contributed by atoms with Crippen molar-refractivity contribution in [3.63, 3.8) is 0 Å². The van der Waals surface area contributed by atoms with Gasteiger partial charge in [-0.2, -0.15) is 0 Å². The van der Waals surface area contributed by atoms with E-state index in [1.165, 1.54) is 59.1 Å². The van der Waals surface area contributed by atoms with Crippen LogP contribution in [0.15, 0.2) is 169 Å². The molecular weight excluding hydrogens is 1320 g/mol. The van der Waals surface area contributed by atoms with Crippen LogP contribution in [0.5, 0.6) is 5.75 Å². The molecule has 1 aromatic heterocycles. The molecule has 3 aliphatic carbocycles. The third-order valence-corrected chi connectivity index (χ3v) is 20.4. The van der Waals surface area contributed by atoms with Gasteiger partial charge in [0.1, 0.15) is 35.7 Å². The first kappa shape index (κ1) is 71.9. The molecule has 3 amide bonds. The molecule has 0 spiro atoms. The molecule has 23 nitrogen and oxygen atoms in total. The van der Waals surface area contributed by atoms with Gasteiger partial charge in [0, 0.05) is 78.0 Å². The third kappa shape index (κ3) is 14.0. The average molecular weight is 1400 g/mol. The number of amides is 3. The van der Waals surface area contributed by atoms with Crippen molar-refractivity contribution in [1.29, 1.82) is 0 Å². The van der Waals surface area contributed by atoms with E-state index in [1.54, 1.807) is 145 Å². The Hall–Kier alpha value is -10.3. The van der Waals surface area contributed by atoms with Gasteiger partial charge in [0.25, 0.3) is 11.8 Å². The Balaban J connectivity index is 0.854. The molecule has 2 heterocycles. The Bertz CT molecular complexity index is 4430. The van der Waals surface area contributed by atoms with E-state index in [0.29, 0.717) is 49.7 Å². The molecule has 24 heteroatoms. The lowest BCUT2D eigenvalue weighted by Crippen LogP contribution is -2.82. The van der Waals surface area contributed by atoms with E-state index in [9.17, 15) is 48.6 Å². The highest BCUT2D eigenvalue weighted by Gasteiger charge is 2.78. The zero-order valence-corrected chi connectivity index (χ0v) is 57.5. The Morgan fingerprint density at radius 3 is 2.00 bits per heavy atom. The van der Waals surface area contributed by atoms with Crippen molar-refractivity contribution in [3.8, 4) is 5.75 Å². The number of hydrogen-bond acceptors (Lipinski definition) is 19. The Kier molecular flexibility index (Phi) is 20.7. The average Bonchev–Trinajstić information content (AvgIpc) is 0.952. The van der Waals surface area contributed by atoms with E-state index < -0.39 is 137 Å². The molecule has 11 atom stereocenters. The van der Waals surface area contributed by atoms with E-state index in [4.69, 9.17) is 44.8 Å². The van der Waals surface area contributed by atoms with Gasteiger partial charge in [-0.05, 0) is 127 Å². The van der Waals surface area contributed by atoms with Crippen LogP contribution in [0.2, 0.25) is 5.02 Å². The minimum atomic E-state index is -2.55. The lowest BCUT2D eigenvalue weighted by atomic mass is 9.44. The normalized spacial score (nSPS) is 23.9. The van der Waals surface area contributed by atoms with E-state index in [1.807, 2.05) is 0 Å². The summed E-state index contributed by atoms with van der Waals surface area (Å²) < 4.78 is 44.2. The predicted octanol–water partition coefficient (Wildman–Crippen LogP) is 9.18. The molecule has 2 bridgehead atoms. The SMILES string of the molecule is COc1ccc2c(c1)c(CC(=O)Nc1ccc(CNC(=O)CCC(=O)O[C@@H](C(=O)O[C@H]3C[C@@]4(O)[C@@H](OC(=O)c5ccccc5)C5[C@](C)(C(=O)[C@H](OC(C)=O)C(=C3C)C4(C)C)[C@@H](O)C[C@H]3OC[C@@]53OC(C)=O)[C@@H](NC(=O)c3ccccc3)c3ccccc3)cc1)c(C)n2C(=O)c1ccc(Cl)cc1. The first-order valence-electron chi connectivity index (χ1n) is 32.9. The summed E-state index contributed by atoms with van der Waals surface area (Å²) in [5, 5.41) is 36.1. The molecule has 4 aliphatic rings. The maximum Gasteiger partial charge on any atom is 0.350 e. The number of nitrogens with zero attached hydrogens (tertiary/aromatic N) is 1. The fraction of sp³-hybridized carbons (Fsp3) is 0.351. The van der Waals surface area contributed by atoms with Gasteiger partial charge < -0.3 is 59.3 Å². The number of hydrogen-bond donors (Lipinski definition) is 5. The standard InChI is InChI=1S/C77H77ClN4O19/c1-42-57(39-77(94)69(100-72(92)50-22-16-11-17-23-50)67-75(7,58(85)38-59-76(67,41-96-59)101-45(4)84)68(89)65(97-44(3)83)63(42)74(77,5)6)98-73(93)66(64(47-18-12-9-13-19-47)81-70(90)48-20-14-10-15-21-48)99-62(88)35-34-60(86)79-40-46-24-30-52(31-25-46)80-61(87)37-54-43(2)82(56-33-32-53(95-8)36-55(54)56)71(91)49-26-28-51(78)29-27-49/h9-33,36,57-59,64-67,69,85,94H,34-35,37-41H2,1-8H3,(H,79,86)(H,80,87)(H,81,90)/t57-,58-,59+,64-,65+,66+,67?,69-,75+,76-,77+/m0/s1. The van der Waals surface area contributed by atoms with Crippen LogP contribution in [0.1, 0.15) is 127 Å². The number of esters is 5. The van der Waals surface area contributed by atoms with Crippen LogP contribution in [-0.4, -0.2) is 136 Å². The van der Waals surface area contributed by atoms with Crippen LogP contribution in [0.3, 0.4) is 0 Å². The number of halogens is 1. The fourth-order valence-electron chi connectivity index (χ4n) is 14.9. The second-order valence-electron chi connectivity index (χ2n) is 26.6. The zero-order valence-electron chi connectivity index (χ0n) is 56.7. The number of aliphatic hydroxyl groups is 2. The van der Waals surface area contributed by atoms with Gasteiger partial charge in [0.2, 0.25) is 17.9 Å². The van der Waals surface area contributed by atoms with Crippen molar-refractivity contribution in [2.24, 2.45) is 16.7 Å². The van der Waals surface area contributed by atoms with E-state index >= 15 is 9.59 Å². The zero-order chi connectivity index (χ0) is 72.5. The number of aliphatic hydroxyl groups excluding tert-OH is 1. The number of fused-ring (bicyclic) bond motifs is 6. The predicted molar refractivity (Wildman–Crippen MR) is 366 cm³/mol. The summed E-state index contributed by atoms with van der Waals surface area (Å²) in [4.78, 5) is 143. The summed E-state index contributed by atoms with van der Waals surface area (Å²) in [5.41, 5.74) is -4.80. The monoisotopic (exact) mass is 1400 g/mol. The number of anilines is 1. The first-order chi connectivity index (χ1) is 48.1. The van der Waals surface area contributed by atoms with E-state index in [0.717, 1.165) is 13.8 Å². The molecule has 11 rings (SSSR count). The minimum Gasteiger partial charge on any atom is -0.497 e. The molecule has 1 aliphatic heterocycles. The number of ketones is 1. The number of benzene rings is 6. The summed E-state index contributed by atoms with van der Waals surface area (Å²) in [6.07, 6.45) is -12.6. The molecule has 3 fully saturated rings. The van der Waals surface area contributed by atoms with Gasteiger partial charge in [0.15, 0.2) is 17.5 Å². The second-order valence-corrected chi connectivity index (χ2v) is 27.0. The highest BCUT2D eigenvalue weighted by Crippen LogP contribution is 2.64. The fourth-order valence-corrected chi connectivity index (χ4v) is 15.0. The Morgan fingerprint density at radius 2 is 1.39 bits per heavy atom. The number of nitrogens with one attached hydrogen (secondary N) is 3. The van der Waals surface area contributed by atoms with Crippen molar-refractivity contribution in [2.45, 2.75) is 141 Å².